The topological polar surface area (TPSA) is 80.5 Å². The van der Waals surface area contributed by atoms with Crippen molar-refractivity contribution in [2.24, 2.45) is 0 Å². The smallest absolute Gasteiger partial charge is 0.252 e. The Morgan fingerprint density at radius 2 is 1.97 bits per heavy atom. The van der Waals surface area contributed by atoms with E-state index in [1.807, 2.05) is 24.4 Å². The van der Waals surface area contributed by atoms with Crippen LogP contribution in [0.15, 0.2) is 67.1 Å². The van der Waals surface area contributed by atoms with Crippen molar-refractivity contribution < 1.29 is 14.0 Å². The van der Waals surface area contributed by atoms with Crippen LogP contribution in [0.4, 0.5) is 4.39 Å². The number of benzene rings is 2. The maximum absolute atomic E-state index is 13.2. The van der Waals surface area contributed by atoms with Crippen LogP contribution >= 0.6 is 0 Å². The Morgan fingerprint density at radius 1 is 1.13 bits per heavy atom. The summed E-state index contributed by atoms with van der Waals surface area (Å²) in [6, 6.07) is 13.4. The zero-order chi connectivity index (χ0) is 21.4. The lowest BCUT2D eigenvalue weighted by Gasteiger charge is -2.31. The number of rotatable bonds is 5. The first-order valence-electron chi connectivity index (χ1n) is 10.2. The molecule has 0 aliphatic carbocycles. The number of hydrogen-bond donors (Lipinski definition) is 3. The van der Waals surface area contributed by atoms with E-state index in [4.69, 9.17) is 0 Å². The highest BCUT2D eigenvalue weighted by Crippen LogP contribution is 2.30. The van der Waals surface area contributed by atoms with E-state index in [2.05, 4.69) is 15.7 Å². The van der Waals surface area contributed by atoms with Crippen molar-refractivity contribution in [3.63, 3.8) is 0 Å². The van der Waals surface area contributed by atoms with Gasteiger partial charge in [-0.25, -0.2) is 9.82 Å². The molecule has 2 unspecified atom stereocenters. The molecular formula is C23H22FN5O2. The lowest BCUT2D eigenvalue weighted by Crippen LogP contribution is -2.49. The van der Waals surface area contributed by atoms with Gasteiger partial charge in [0, 0.05) is 48.2 Å². The molecule has 2 aliphatic rings. The van der Waals surface area contributed by atoms with Gasteiger partial charge in [0.15, 0.2) is 0 Å². The van der Waals surface area contributed by atoms with E-state index in [9.17, 15) is 14.0 Å². The molecule has 1 fully saturated rings. The van der Waals surface area contributed by atoms with Gasteiger partial charge >= 0.3 is 0 Å². The molecule has 0 radical (unpaired) electrons. The summed E-state index contributed by atoms with van der Waals surface area (Å²) < 4.78 is 13.2. The van der Waals surface area contributed by atoms with E-state index < -0.39 is 0 Å². The largest absolute Gasteiger partial charge is 0.361 e. The first-order valence-corrected chi connectivity index (χ1v) is 10.2. The van der Waals surface area contributed by atoms with Gasteiger partial charge in [0.05, 0.1) is 6.04 Å². The number of fused-ring (bicyclic) bond motifs is 2. The van der Waals surface area contributed by atoms with Crippen molar-refractivity contribution >= 4 is 22.7 Å². The zero-order valence-electron chi connectivity index (χ0n) is 16.7. The van der Waals surface area contributed by atoms with E-state index in [0.717, 1.165) is 16.5 Å². The van der Waals surface area contributed by atoms with Crippen LogP contribution in [-0.2, 0) is 4.79 Å². The number of nitrogens with zero attached hydrogens (tertiary/aromatic N) is 2. The van der Waals surface area contributed by atoms with Gasteiger partial charge in [-0.1, -0.05) is 18.2 Å². The highest BCUT2D eigenvalue weighted by molar-refractivity contribution is 6.06. The Morgan fingerprint density at radius 3 is 2.81 bits per heavy atom. The van der Waals surface area contributed by atoms with Gasteiger partial charge in [0.2, 0.25) is 0 Å². The minimum Gasteiger partial charge on any atom is -0.361 e. The molecule has 0 saturated carbocycles. The number of H-pyrrole nitrogens is 1. The molecular weight excluding hydrogens is 397 g/mol. The third kappa shape index (κ3) is 3.66. The molecule has 1 aromatic heterocycles. The second-order valence-corrected chi connectivity index (χ2v) is 7.72. The van der Waals surface area contributed by atoms with Crippen molar-refractivity contribution in [1.82, 2.24) is 25.6 Å². The molecule has 31 heavy (non-hydrogen) atoms. The van der Waals surface area contributed by atoms with E-state index in [0.29, 0.717) is 25.1 Å². The van der Waals surface area contributed by atoms with Crippen molar-refractivity contribution in [1.29, 1.82) is 0 Å². The van der Waals surface area contributed by atoms with Crippen LogP contribution < -0.4 is 10.7 Å². The normalized spacial score (nSPS) is 20.4. The van der Waals surface area contributed by atoms with Crippen molar-refractivity contribution in [2.75, 3.05) is 13.1 Å². The first-order chi connectivity index (χ1) is 15.1. The minimum atomic E-state index is -0.329. The Kier molecular flexibility index (Phi) is 4.91. The highest BCUT2D eigenvalue weighted by atomic mass is 19.1. The summed E-state index contributed by atoms with van der Waals surface area (Å²) in [5, 5.41) is 5.58. The first kappa shape index (κ1) is 19.3. The van der Waals surface area contributed by atoms with Crippen molar-refractivity contribution in [3.8, 4) is 0 Å². The summed E-state index contributed by atoms with van der Waals surface area (Å²) in [4.78, 5) is 30.3. The Labute approximate surface area is 178 Å². The maximum Gasteiger partial charge on any atom is 0.252 e. The molecule has 3 aromatic rings. The zero-order valence-corrected chi connectivity index (χ0v) is 16.7. The quantitative estimate of drug-likeness (QED) is 0.594. The molecule has 158 valence electrons. The van der Waals surface area contributed by atoms with Gasteiger partial charge in [-0.3, -0.25) is 9.59 Å². The van der Waals surface area contributed by atoms with E-state index >= 15 is 0 Å². The number of halogens is 1. The third-order valence-electron chi connectivity index (χ3n) is 5.83. The SMILES string of the molecule is O=C(NCCN1C=CN2NC(c3ccc(F)cc3)CC2C1=O)c1cccc2[nH]ccc12. The monoisotopic (exact) mass is 419 g/mol. The fourth-order valence-corrected chi connectivity index (χ4v) is 4.20. The number of carbonyl (C=O) groups is 2. The summed E-state index contributed by atoms with van der Waals surface area (Å²) in [6.45, 7) is 0.729. The van der Waals surface area contributed by atoms with Crippen LogP contribution in [-0.4, -0.2) is 45.8 Å². The number of carbonyl (C=O) groups excluding carboxylic acids is 2. The number of amides is 2. The Balaban J connectivity index is 1.19. The second kappa shape index (κ2) is 7.88. The van der Waals surface area contributed by atoms with Crippen molar-refractivity contribution in [2.45, 2.75) is 18.5 Å². The predicted molar refractivity (Wildman–Crippen MR) is 114 cm³/mol. The van der Waals surface area contributed by atoms with Crippen LogP contribution in [0.2, 0.25) is 0 Å². The van der Waals surface area contributed by atoms with Crippen LogP contribution in [0.3, 0.4) is 0 Å². The molecule has 2 aliphatic heterocycles. The Hall–Kier alpha value is -3.65. The summed E-state index contributed by atoms with van der Waals surface area (Å²) in [5.41, 5.74) is 5.75. The third-order valence-corrected chi connectivity index (χ3v) is 5.83. The molecule has 5 rings (SSSR count). The van der Waals surface area contributed by atoms with Gasteiger partial charge in [0.25, 0.3) is 11.8 Å². The number of hydrogen-bond acceptors (Lipinski definition) is 4. The lowest BCUT2D eigenvalue weighted by molar-refractivity contribution is -0.134. The summed E-state index contributed by atoms with van der Waals surface area (Å²) in [5.74, 6) is -0.475. The van der Waals surface area contributed by atoms with Crippen LogP contribution in [0, 0.1) is 5.82 Å². The number of aromatic amines is 1. The van der Waals surface area contributed by atoms with E-state index in [1.54, 1.807) is 40.5 Å². The van der Waals surface area contributed by atoms with Crippen LogP contribution in [0.1, 0.15) is 28.4 Å². The molecule has 3 N–H and O–H groups in total. The summed E-state index contributed by atoms with van der Waals surface area (Å²) in [6.07, 6.45) is 5.95. The van der Waals surface area contributed by atoms with Crippen LogP contribution in [0.5, 0.6) is 0 Å². The van der Waals surface area contributed by atoms with Gasteiger partial charge in [0.1, 0.15) is 11.9 Å². The molecule has 8 heteroatoms. The van der Waals surface area contributed by atoms with Gasteiger partial charge in [-0.05, 0) is 42.3 Å². The van der Waals surface area contributed by atoms with Crippen molar-refractivity contribution in [3.05, 3.63) is 84.1 Å². The number of nitrogens with one attached hydrogen (secondary N) is 3. The highest BCUT2D eigenvalue weighted by Gasteiger charge is 2.39. The standard InChI is InChI=1S/C23H22FN5O2/c24-16-6-4-15(5-7-16)20-14-21-23(31)28(12-13-29(21)27-20)11-10-26-22(30)18-2-1-3-19-17(18)8-9-25-19/h1-9,12-13,20-21,25,27H,10-11,14H2,(H,26,30). The molecule has 1 saturated heterocycles. The Bertz CT molecular complexity index is 1160. The average molecular weight is 419 g/mol. The number of aromatic nitrogens is 1. The predicted octanol–water partition coefficient (Wildman–Crippen LogP) is 2.67. The maximum atomic E-state index is 13.2. The lowest BCUT2D eigenvalue weighted by atomic mass is 10.0. The average Bonchev–Trinajstić information content (AvgIpc) is 3.43. The second-order valence-electron chi connectivity index (χ2n) is 7.72. The summed E-state index contributed by atoms with van der Waals surface area (Å²) in [7, 11) is 0. The van der Waals surface area contributed by atoms with Crippen LogP contribution in [0.25, 0.3) is 10.9 Å². The molecule has 0 bridgehead atoms. The fraction of sp³-hybridized carbons (Fsp3) is 0.217. The molecule has 3 heterocycles. The molecule has 0 spiro atoms. The van der Waals surface area contributed by atoms with E-state index in [1.165, 1.54) is 12.1 Å². The number of hydrazine groups is 1. The van der Waals surface area contributed by atoms with Gasteiger partial charge in [-0.15, -0.1) is 0 Å². The molecule has 2 aromatic carbocycles. The van der Waals surface area contributed by atoms with Gasteiger partial charge in [-0.2, -0.15) is 0 Å². The molecule has 2 amide bonds. The van der Waals surface area contributed by atoms with Gasteiger partial charge < -0.3 is 20.2 Å². The van der Waals surface area contributed by atoms with E-state index in [-0.39, 0.29) is 29.7 Å². The summed E-state index contributed by atoms with van der Waals surface area (Å²) >= 11 is 0. The minimum absolute atomic E-state index is 0.0263. The molecule has 7 nitrogen and oxygen atoms in total. The fourth-order valence-electron chi connectivity index (χ4n) is 4.20. The molecule has 2 atom stereocenters.